The van der Waals surface area contributed by atoms with Gasteiger partial charge in [0.05, 0.1) is 11.3 Å². The first-order chi connectivity index (χ1) is 10.8. The summed E-state index contributed by atoms with van der Waals surface area (Å²) in [6.07, 6.45) is 5.24. The molecule has 1 aromatic carbocycles. The predicted octanol–water partition coefficient (Wildman–Crippen LogP) is 3.31. The molecule has 3 aromatic rings. The largest absolute Gasteiger partial charge is 0.364 e. The summed E-state index contributed by atoms with van der Waals surface area (Å²) in [7, 11) is 0. The summed E-state index contributed by atoms with van der Waals surface area (Å²) in [5.41, 5.74) is 2.74. The van der Waals surface area contributed by atoms with Crippen LogP contribution in [0.4, 0.5) is 5.82 Å². The molecule has 108 valence electrons. The molecule has 5 heteroatoms. The Morgan fingerprint density at radius 2 is 2.00 bits per heavy atom. The van der Waals surface area contributed by atoms with Crippen LogP contribution in [0.25, 0.3) is 5.69 Å². The van der Waals surface area contributed by atoms with Gasteiger partial charge in [0.1, 0.15) is 11.9 Å². The number of hydrogen-bond donors (Lipinski definition) is 1. The van der Waals surface area contributed by atoms with Crippen LogP contribution in [0.5, 0.6) is 0 Å². The average molecular weight is 289 g/mol. The summed E-state index contributed by atoms with van der Waals surface area (Å²) >= 11 is 0. The van der Waals surface area contributed by atoms with Crippen LogP contribution in [-0.2, 0) is 0 Å². The van der Waals surface area contributed by atoms with Gasteiger partial charge in [-0.25, -0.2) is 9.67 Å². The molecule has 2 aromatic heterocycles. The highest BCUT2D eigenvalue weighted by atomic mass is 15.3. The Morgan fingerprint density at radius 3 is 2.59 bits per heavy atom. The van der Waals surface area contributed by atoms with Crippen LogP contribution in [0.3, 0.4) is 0 Å². The minimum absolute atomic E-state index is 0.118. The monoisotopic (exact) mass is 289 g/mol. The van der Waals surface area contributed by atoms with Crippen molar-refractivity contribution in [2.75, 3.05) is 5.32 Å². The maximum absolute atomic E-state index is 8.78. The van der Waals surface area contributed by atoms with Crippen LogP contribution in [0, 0.1) is 11.3 Å². The fourth-order valence-electron chi connectivity index (χ4n) is 2.19. The van der Waals surface area contributed by atoms with Gasteiger partial charge in [0.15, 0.2) is 0 Å². The van der Waals surface area contributed by atoms with Crippen LogP contribution in [-0.4, -0.2) is 14.8 Å². The lowest BCUT2D eigenvalue weighted by atomic mass is 10.1. The second-order valence-electron chi connectivity index (χ2n) is 4.95. The van der Waals surface area contributed by atoms with Gasteiger partial charge in [-0.2, -0.15) is 10.4 Å². The van der Waals surface area contributed by atoms with Crippen molar-refractivity contribution in [1.29, 1.82) is 5.26 Å². The van der Waals surface area contributed by atoms with E-state index >= 15 is 0 Å². The number of benzene rings is 1. The second-order valence-corrected chi connectivity index (χ2v) is 4.95. The van der Waals surface area contributed by atoms with E-state index in [0.717, 1.165) is 17.1 Å². The van der Waals surface area contributed by atoms with Gasteiger partial charge in [0, 0.05) is 24.6 Å². The Kier molecular flexibility index (Phi) is 3.84. The van der Waals surface area contributed by atoms with E-state index in [1.54, 1.807) is 18.5 Å². The second kappa shape index (κ2) is 6.10. The first-order valence-corrected chi connectivity index (χ1v) is 6.99. The van der Waals surface area contributed by atoms with Crippen molar-refractivity contribution < 1.29 is 0 Å². The van der Waals surface area contributed by atoms with E-state index in [4.69, 9.17) is 5.26 Å². The maximum Gasteiger partial charge on any atom is 0.126 e. The number of nitriles is 1. The summed E-state index contributed by atoms with van der Waals surface area (Å²) in [5, 5.41) is 16.3. The van der Waals surface area contributed by atoms with Crippen molar-refractivity contribution in [3.05, 3.63) is 72.2 Å². The Hall–Kier alpha value is -3.13. The topological polar surface area (TPSA) is 66.5 Å². The minimum atomic E-state index is 0.118. The number of aromatic nitrogens is 3. The van der Waals surface area contributed by atoms with Crippen molar-refractivity contribution in [2.45, 2.75) is 13.0 Å². The van der Waals surface area contributed by atoms with Gasteiger partial charge < -0.3 is 5.32 Å². The molecule has 0 fully saturated rings. The summed E-state index contributed by atoms with van der Waals surface area (Å²) in [5.74, 6) is 0.752. The van der Waals surface area contributed by atoms with Gasteiger partial charge in [-0.15, -0.1) is 0 Å². The number of anilines is 1. The molecule has 0 saturated heterocycles. The molecule has 0 saturated carbocycles. The zero-order valence-corrected chi connectivity index (χ0v) is 12.1. The van der Waals surface area contributed by atoms with E-state index in [-0.39, 0.29) is 6.04 Å². The molecule has 3 rings (SSSR count). The van der Waals surface area contributed by atoms with Gasteiger partial charge in [-0.3, -0.25) is 0 Å². The fourth-order valence-corrected chi connectivity index (χ4v) is 2.19. The lowest BCUT2D eigenvalue weighted by Gasteiger charge is -2.15. The third-order valence-electron chi connectivity index (χ3n) is 3.42. The summed E-state index contributed by atoms with van der Waals surface area (Å²) in [4.78, 5) is 4.23. The highest BCUT2D eigenvalue weighted by Gasteiger charge is 2.06. The number of nitrogens with zero attached hydrogens (tertiary/aromatic N) is 4. The van der Waals surface area contributed by atoms with Crippen molar-refractivity contribution in [3.8, 4) is 11.8 Å². The first-order valence-electron chi connectivity index (χ1n) is 6.99. The molecule has 1 unspecified atom stereocenters. The van der Waals surface area contributed by atoms with Crippen molar-refractivity contribution in [3.63, 3.8) is 0 Å². The lowest BCUT2D eigenvalue weighted by Crippen LogP contribution is -2.08. The first kappa shape index (κ1) is 13.8. The minimum Gasteiger partial charge on any atom is -0.364 e. The molecule has 0 aliphatic carbocycles. The van der Waals surface area contributed by atoms with Crippen LogP contribution < -0.4 is 5.32 Å². The number of nitrogens with one attached hydrogen (secondary N) is 1. The van der Waals surface area contributed by atoms with E-state index in [9.17, 15) is 0 Å². The maximum atomic E-state index is 8.78. The number of hydrogen-bond acceptors (Lipinski definition) is 4. The molecule has 22 heavy (non-hydrogen) atoms. The molecule has 1 atom stereocenters. The van der Waals surface area contributed by atoms with Gasteiger partial charge in [0.2, 0.25) is 0 Å². The van der Waals surface area contributed by atoms with Crippen LogP contribution >= 0.6 is 0 Å². The van der Waals surface area contributed by atoms with Crippen molar-refractivity contribution in [2.24, 2.45) is 0 Å². The lowest BCUT2D eigenvalue weighted by molar-refractivity contribution is 0.859. The van der Waals surface area contributed by atoms with Crippen LogP contribution in [0.1, 0.15) is 24.1 Å². The van der Waals surface area contributed by atoms with Crippen molar-refractivity contribution >= 4 is 5.82 Å². The molecule has 1 N–H and O–H groups in total. The highest BCUT2D eigenvalue weighted by molar-refractivity contribution is 5.42. The third-order valence-corrected chi connectivity index (χ3v) is 3.42. The summed E-state index contributed by atoms with van der Waals surface area (Å²) in [6, 6.07) is 15.8. The molecule has 2 heterocycles. The predicted molar refractivity (Wildman–Crippen MR) is 84.6 cm³/mol. The van der Waals surface area contributed by atoms with E-state index in [1.165, 1.54) is 0 Å². The molecule has 0 aliphatic rings. The number of pyridine rings is 1. The zero-order chi connectivity index (χ0) is 15.4. The van der Waals surface area contributed by atoms with Crippen LogP contribution in [0.2, 0.25) is 0 Å². The third kappa shape index (κ3) is 2.96. The number of rotatable bonds is 4. The van der Waals surface area contributed by atoms with E-state index in [2.05, 4.69) is 40.5 Å². The van der Waals surface area contributed by atoms with Crippen LogP contribution in [0.15, 0.2) is 61.1 Å². The summed E-state index contributed by atoms with van der Waals surface area (Å²) < 4.78 is 1.82. The van der Waals surface area contributed by atoms with E-state index in [0.29, 0.717) is 5.56 Å². The fraction of sp³-hybridized carbons (Fsp3) is 0.118. The Bertz CT molecular complexity index is 767. The molecule has 5 nitrogen and oxygen atoms in total. The van der Waals surface area contributed by atoms with E-state index < -0.39 is 0 Å². The molecule has 0 amide bonds. The quantitative estimate of drug-likeness (QED) is 0.800. The Morgan fingerprint density at radius 1 is 1.18 bits per heavy atom. The Labute approximate surface area is 128 Å². The van der Waals surface area contributed by atoms with Crippen molar-refractivity contribution in [1.82, 2.24) is 14.8 Å². The Balaban J connectivity index is 1.71. The van der Waals surface area contributed by atoms with Gasteiger partial charge in [-0.05, 0) is 42.8 Å². The van der Waals surface area contributed by atoms with Gasteiger partial charge in [-0.1, -0.05) is 12.1 Å². The highest BCUT2D eigenvalue weighted by Crippen LogP contribution is 2.19. The molecule has 0 spiro atoms. The summed E-state index contributed by atoms with van der Waals surface area (Å²) in [6.45, 7) is 2.07. The SMILES string of the molecule is CC(Nc1ccc(C#N)cn1)c1ccc(-n2cccn2)cc1. The molecular formula is C17H15N5. The zero-order valence-electron chi connectivity index (χ0n) is 12.1. The average Bonchev–Trinajstić information content (AvgIpc) is 3.10. The molecule has 0 aliphatic heterocycles. The molecule has 0 radical (unpaired) electrons. The molecular weight excluding hydrogens is 274 g/mol. The standard InChI is InChI=1S/C17H15N5/c1-13(21-17-8-3-14(11-18)12-19-17)15-4-6-16(7-5-15)22-10-2-9-20-22/h2-10,12-13H,1H3,(H,19,21). The smallest absolute Gasteiger partial charge is 0.126 e. The normalized spacial score (nSPS) is 11.6. The van der Waals surface area contributed by atoms with Gasteiger partial charge in [0.25, 0.3) is 0 Å². The van der Waals surface area contributed by atoms with E-state index in [1.807, 2.05) is 35.1 Å². The van der Waals surface area contributed by atoms with Gasteiger partial charge >= 0.3 is 0 Å². The molecule has 0 bridgehead atoms.